The third kappa shape index (κ3) is 2.70. The molecule has 1 saturated carbocycles. The average molecular weight is 271 g/mol. The van der Waals surface area contributed by atoms with Gasteiger partial charge in [-0.1, -0.05) is 37.3 Å². The predicted octanol–water partition coefficient (Wildman–Crippen LogP) is 2.34. The number of aromatic nitrogens is 2. The quantitative estimate of drug-likeness (QED) is 0.876. The molecule has 1 aliphatic carbocycles. The Morgan fingerprint density at radius 3 is 2.65 bits per heavy atom. The Morgan fingerprint density at radius 1 is 1.25 bits per heavy atom. The molecule has 2 aromatic rings. The number of hydrogen-bond acceptors (Lipinski definition) is 2. The van der Waals surface area contributed by atoms with Gasteiger partial charge in [0.15, 0.2) is 0 Å². The van der Waals surface area contributed by atoms with Crippen molar-refractivity contribution in [3.8, 4) is 0 Å². The fourth-order valence-electron chi connectivity index (χ4n) is 2.61. The van der Waals surface area contributed by atoms with Crippen molar-refractivity contribution in [2.75, 3.05) is 6.54 Å². The van der Waals surface area contributed by atoms with Crippen LogP contribution in [0.15, 0.2) is 47.5 Å². The van der Waals surface area contributed by atoms with Gasteiger partial charge in [0.2, 0.25) is 0 Å². The molecule has 1 heterocycles. The molecule has 1 unspecified atom stereocenters. The van der Waals surface area contributed by atoms with Gasteiger partial charge in [0.05, 0.1) is 6.04 Å². The monoisotopic (exact) mass is 271 g/mol. The van der Waals surface area contributed by atoms with E-state index in [9.17, 15) is 4.79 Å². The molecular formula is C16H21N3O. The zero-order valence-corrected chi connectivity index (χ0v) is 11.8. The highest BCUT2D eigenvalue weighted by atomic mass is 16.1. The summed E-state index contributed by atoms with van der Waals surface area (Å²) in [6.07, 6.45) is 6.11. The van der Waals surface area contributed by atoms with Gasteiger partial charge < -0.3 is 5.32 Å². The molecular weight excluding hydrogens is 250 g/mol. The Morgan fingerprint density at radius 2 is 2.00 bits per heavy atom. The Kier molecular flexibility index (Phi) is 3.74. The lowest BCUT2D eigenvalue weighted by Gasteiger charge is -2.18. The molecule has 20 heavy (non-hydrogen) atoms. The van der Waals surface area contributed by atoms with Gasteiger partial charge in [-0.2, -0.15) is 0 Å². The first-order valence-corrected chi connectivity index (χ1v) is 7.35. The van der Waals surface area contributed by atoms with Crippen LogP contribution < -0.4 is 11.0 Å². The SMILES string of the molecule is CCNC(Cn1ccn(C2CC2)c1=O)c1ccccc1. The minimum atomic E-state index is 0.117. The van der Waals surface area contributed by atoms with Crippen LogP contribution in [0.1, 0.15) is 37.4 Å². The number of nitrogens with zero attached hydrogens (tertiary/aromatic N) is 2. The lowest BCUT2D eigenvalue weighted by atomic mass is 10.1. The highest BCUT2D eigenvalue weighted by Gasteiger charge is 2.26. The summed E-state index contributed by atoms with van der Waals surface area (Å²) in [5.74, 6) is 0. The summed E-state index contributed by atoms with van der Waals surface area (Å²) in [6, 6.07) is 10.9. The molecule has 0 spiro atoms. The summed E-state index contributed by atoms with van der Waals surface area (Å²) in [5, 5.41) is 3.46. The molecule has 3 rings (SSSR count). The van der Waals surface area contributed by atoms with Crippen molar-refractivity contribution in [1.29, 1.82) is 0 Å². The first-order chi connectivity index (χ1) is 9.79. The Bertz CT molecular complexity index is 610. The third-order valence-corrected chi connectivity index (χ3v) is 3.85. The van der Waals surface area contributed by atoms with Gasteiger partial charge in [0, 0.05) is 25.0 Å². The minimum Gasteiger partial charge on any atom is -0.309 e. The normalized spacial score (nSPS) is 16.2. The van der Waals surface area contributed by atoms with Gasteiger partial charge in [-0.25, -0.2) is 4.79 Å². The Balaban J connectivity index is 1.81. The van der Waals surface area contributed by atoms with E-state index in [0.717, 1.165) is 19.4 Å². The number of benzene rings is 1. The molecule has 1 N–H and O–H groups in total. The topological polar surface area (TPSA) is 39.0 Å². The summed E-state index contributed by atoms with van der Waals surface area (Å²) in [6.45, 7) is 3.65. The van der Waals surface area contributed by atoms with Gasteiger partial charge in [0.25, 0.3) is 0 Å². The van der Waals surface area contributed by atoms with E-state index in [1.807, 2.05) is 39.7 Å². The molecule has 0 bridgehead atoms. The van der Waals surface area contributed by atoms with E-state index in [1.54, 1.807) is 0 Å². The minimum absolute atomic E-state index is 0.117. The molecule has 1 aromatic carbocycles. The second-order valence-electron chi connectivity index (χ2n) is 5.39. The van der Waals surface area contributed by atoms with Crippen LogP contribution in [-0.4, -0.2) is 15.7 Å². The zero-order chi connectivity index (χ0) is 13.9. The van der Waals surface area contributed by atoms with E-state index in [2.05, 4.69) is 24.4 Å². The summed E-state index contributed by atoms with van der Waals surface area (Å²) in [7, 11) is 0. The third-order valence-electron chi connectivity index (χ3n) is 3.85. The zero-order valence-electron chi connectivity index (χ0n) is 11.8. The molecule has 1 aromatic heterocycles. The fourth-order valence-corrected chi connectivity index (χ4v) is 2.61. The average Bonchev–Trinajstić information content (AvgIpc) is 3.25. The molecule has 0 amide bonds. The van der Waals surface area contributed by atoms with Crippen LogP contribution in [0.3, 0.4) is 0 Å². The first kappa shape index (κ1) is 13.2. The lowest BCUT2D eigenvalue weighted by molar-refractivity contribution is 0.462. The highest BCUT2D eigenvalue weighted by Crippen LogP contribution is 2.33. The molecule has 1 aliphatic rings. The predicted molar refractivity (Wildman–Crippen MR) is 79.8 cm³/mol. The molecule has 1 fully saturated rings. The largest absolute Gasteiger partial charge is 0.328 e. The number of imidazole rings is 1. The van der Waals surface area contributed by atoms with Crippen molar-refractivity contribution in [2.24, 2.45) is 0 Å². The van der Waals surface area contributed by atoms with Gasteiger partial charge in [0.1, 0.15) is 0 Å². The maximum absolute atomic E-state index is 12.3. The van der Waals surface area contributed by atoms with Crippen molar-refractivity contribution in [1.82, 2.24) is 14.5 Å². The van der Waals surface area contributed by atoms with Crippen LogP contribution in [-0.2, 0) is 6.54 Å². The van der Waals surface area contributed by atoms with E-state index < -0.39 is 0 Å². The highest BCUT2D eigenvalue weighted by molar-refractivity contribution is 5.18. The second-order valence-corrected chi connectivity index (χ2v) is 5.39. The van der Waals surface area contributed by atoms with Gasteiger partial charge in [-0.3, -0.25) is 9.13 Å². The van der Waals surface area contributed by atoms with Crippen LogP contribution in [0.4, 0.5) is 0 Å². The molecule has 4 nitrogen and oxygen atoms in total. The number of hydrogen-bond donors (Lipinski definition) is 1. The van der Waals surface area contributed by atoms with Crippen molar-refractivity contribution in [2.45, 2.75) is 38.4 Å². The smallest absolute Gasteiger partial charge is 0.309 e. The fraction of sp³-hybridized carbons (Fsp3) is 0.438. The molecule has 0 saturated heterocycles. The Hall–Kier alpha value is -1.81. The van der Waals surface area contributed by atoms with Gasteiger partial charge in [-0.15, -0.1) is 0 Å². The van der Waals surface area contributed by atoms with Crippen LogP contribution >= 0.6 is 0 Å². The molecule has 4 heteroatoms. The summed E-state index contributed by atoms with van der Waals surface area (Å²) >= 11 is 0. The van der Waals surface area contributed by atoms with E-state index in [1.165, 1.54) is 5.56 Å². The lowest BCUT2D eigenvalue weighted by Crippen LogP contribution is -2.31. The molecule has 106 valence electrons. The molecule has 0 aliphatic heterocycles. The molecule has 0 radical (unpaired) electrons. The number of rotatable bonds is 6. The number of likely N-dealkylation sites (N-methyl/N-ethyl adjacent to an activating group) is 1. The Labute approximate surface area is 119 Å². The molecule has 1 atom stereocenters. The van der Waals surface area contributed by atoms with Crippen molar-refractivity contribution < 1.29 is 0 Å². The van der Waals surface area contributed by atoms with E-state index in [0.29, 0.717) is 12.6 Å². The van der Waals surface area contributed by atoms with Crippen molar-refractivity contribution >= 4 is 0 Å². The van der Waals surface area contributed by atoms with E-state index in [4.69, 9.17) is 0 Å². The summed E-state index contributed by atoms with van der Waals surface area (Å²) in [4.78, 5) is 12.3. The number of nitrogens with one attached hydrogen (secondary N) is 1. The van der Waals surface area contributed by atoms with E-state index >= 15 is 0 Å². The maximum Gasteiger partial charge on any atom is 0.328 e. The summed E-state index contributed by atoms with van der Waals surface area (Å²) in [5.41, 5.74) is 1.34. The van der Waals surface area contributed by atoms with Crippen LogP contribution in [0.2, 0.25) is 0 Å². The van der Waals surface area contributed by atoms with Gasteiger partial charge in [-0.05, 0) is 24.9 Å². The summed E-state index contributed by atoms with van der Waals surface area (Å²) < 4.78 is 3.69. The van der Waals surface area contributed by atoms with E-state index in [-0.39, 0.29) is 11.7 Å². The van der Waals surface area contributed by atoms with Crippen LogP contribution in [0.5, 0.6) is 0 Å². The van der Waals surface area contributed by atoms with Crippen molar-refractivity contribution in [3.05, 3.63) is 58.8 Å². The van der Waals surface area contributed by atoms with Crippen LogP contribution in [0, 0.1) is 0 Å². The van der Waals surface area contributed by atoms with Gasteiger partial charge >= 0.3 is 5.69 Å². The maximum atomic E-state index is 12.3. The second kappa shape index (κ2) is 5.67. The standard InChI is InChI=1S/C16H21N3O/c1-2-17-15(13-6-4-3-5-7-13)12-18-10-11-19(16(18)20)14-8-9-14/h3-7,10-11,14-15,17H,2,8-9,12H2,1H3. The van der Waals surface area contributed by atoms with Crippen molar-refractivity contribution in [3.63, 3.8) is 0 Å². The first-order valence-electron chi connectivity index (χ1n) is 7.35. The van der Waals surface area contributed by atoms with Crippen LogP contribution in [0.25, 0.3) is 0 Å².